The summed E-state index contributed by atoms with van der Waals surface area (Å²) in [5.41, 5.74) is 3.74. The van der Waals surface area contributed by atoms with Crippen molar-refractivity contribution in [1.29, 1.82) is 5.26 Å². The van der Waals surface area contributed by atoms with Gasteiger partial charge in [0.2, 0.25) is 0 Å². The lowest BCUT2D eigenvalue weighted by Crippen LogP contribution is -2.43. The number of hydrogen-bond acceptors (Lipinski definition) is 3. The van der Waals surface area contributed by atoms with Crippen molar-refractivity contribution in [2.45, 2.75) is 65.8 Å². The molecular weight excluding hydrogens is 521 g/mol. The minimum atomic E-state index is -0.0869. The van der Waals surface area contributed by atoms with Gasteiger partial charge >= 0.3 is 0 Å². The van der Waals surface area contributed by atoms with Gasteiger partial charge in [0.1, 0.15) is 17.6 Å². The first-order chi connectivity index (χ1) is 17.3. The number of nitriles is 1. The second-order valence-electron chi connectivity index (χ2n) is 10.2. The predicted molar refractivity (Wildman–Crippen MR) is 161 cm³/mol. The van der Waals surface area contributed by atoms with Crippen LogP contribution >= 0.6 is 35.4 Å². The topological polar surface area (TPSA) is 57.1 Å². The van der Waals surface area contributed by atoms with Crippen molar-refractivity contribution in [3.8, 4) is 17.6 Å². The van der Waals surface area contributed by atoms with Crippen LogP contribution in [0.1, 0.15) is 77.0 Å². The molecule has 0 spiro atoms. The van der Waals surface area contributed by atoms with Gasteiger partial charge in [0, 0.05) is 11.2 Å². The normalized spacial score (nSPS) is 10.9. The largest absolute Gasteiger partial charge is 0.457 e. The molecule has 0 aromatic heterocycles. The van der Waals surface area contributed by atoms with Crippen LogP contribution in [-0.4, -0.2) is 10.7 Å². The van der Waals surface area contributed by atoms with Crippen molar-refractivity contribution in [2.75, 3.05) is 5.32 Å². The van der Waals surface area contributed by atoms with E-state index in [-0.39, 0.29) is 5.54 Å². The van der Waals surface area contributed by atoms with Crippen LogP contribution in [0.5, 0.6) is 11.5 Å². The summed E-state index contributed by atoms with van der Waals surface area (Å²) in [6, 6.07) is 21.0. The van der Waals surface area contributed by atoms with Crippen LogP contribution in [-0.2, 0) is 0 Å². The molecule has 2 N–H and O–H groups in total. The zero-order valence-corrected chi connectivity index (χ0v) is 24.8. The van der Waals surface area contributed by atoms with Gasteiger partial charge in [-0.1, -0.05) is 75.2 Å². The van der Waals surface area contributed by atoms with Crippen LogP contribution in [0.2, 0.25) is 10.0 Å². The zero-order valence-electron chi connectivity index (χ0n) is 22.4. The molecule has 0 saturated heterocycles. The summed E-state index contributed by atoms with van der Waals surface area (Å²) in [6.45, 7) is 15.1. The maximum absolute atomic E-state index is 8.48. The lowest BCUT2D eigenvalue weighted by molar-refractivity contribution is 0.480. The van der Waals surface area contributed by atoms with Gasteiger partial charge in [-0.15, -0.1) is 0 Å². The van der Waals surface area contributed by atoms with E-state index < -0.39 is 0 Å². The molecule has 4 nitrogen and oxygen atoms in total. The molecule has 7 heteroatoms. The molecule has 3 rings (SSSR count). The Kier molecular flexibility index (Phi) is 11.3. The minimum absolute atomic E-state index is 0.0869. The Morgan fingerprint density at radius 3 is 1.78 bits per heavy atom. The van der Waals surface area contributed by atoms with Gasteiger partial charge in [-0.2, -0.15) is 5.26 Å². The van der Waals surface area contributed by atoms with E-state index in [0.29, 0.717) is 32.6 Å². The van der Waals surface area contributed by atoms with E-state index in [1.807, 2.05) is 36.4 Å². The average Bonchev–Trinajstić information content (AvgIpc) is 2.79. The SMILES string of the molecule is CC(C)c1cc(Oc2ccccc2)cc(C(C)C)c1NC(=S)NC(C)(C)C.N#Cc1c(Cl)cccc1Cl. The van der Waals surface area contributed by atoms with Crippen molar-refractivity contribution >= 4 is 46.2 Å². The van der Waals surface area contributed by atoms with Crippen molar-refractivity contribution < 1.29 is 4.74 Å². The molecule has 0 fully saturated rings. The molecular formula is C30H35Cl2N3OS. The highest BCUT2D eigenvalue weighted by Crippen LogP contribution is 2.38. The van der Waals surface area contributed by atoms with E-state index in [2.05, 4.69) is 71.2 Å². The minimum Gasteiger partial charge on any atom is -0.457 e. The van der Waals surface area contributed by atoms with E-state index in [1.165, 1.54) is 11.1 Å². The zero-order chi connectivity index (χ0) is 27.8. The Labute approximate surface area is 237 Å². The number of hydrogen-bond donors (Lipinski definition) is 2. The van der Waals surface area contributed by atoms with Gasteiger partial charge < -0.3 is 15.4 Å². The summed E-state index contributed by atoms with van der Waals surface area (Å²) in [4.78, 5) is 0. The molecule has 3 aromatic rings. The number of nitrogens with one attached hydrogen (secondary N) is 2. The second kappa shape index (κ2) is 13.7. The number of nitrogens with zero attached hydrogens (tertiary/aromatic N) is 1. The summed E-state index contributed by atoms with van der Waals surface area (Å²) < 4.78 is 6.12. The summed E-state index contributed by atoms with van der Waals surface area (Å²) in [6.07, 6.45) is 0. The molecule has 196 valence electrons. The van der Waals surface area contributed by atoms with E-state index in [0.717, 1.165) is 17.2 Å². The van der Waals surface area contributed by atoms with Gasteiger partial charge in [-0.05, 0) is 92.4 Å². The predicted octanol–water partition coefficient (Wildman–Crippen LogP) is 9.68. The summed E-state index contributed by atoms with van der Waals surface area (Å²) in [5, 5.41) is 16.7. The van der Waals surface area contributed by atoms with E-state index >= 15 is 0 Å². The lowest BCUT2D eigenvalue weighted by Gasteiger charge is -2.27. The maximum atomic E-state index is 8.48. The Morgan fingerprint density at radius 1 is 0.865 bits per heavy atom. The fourth-order valence-corrected chi connectivity index (χ4v) is 4.38. The molecule has 3 aromatic carbocycles. The van der Waals surface area contributed by atoms with Gasteiger partial charge in [-0.25, -0.2) is 0 Å². The highest BCUT2D eigenvalue weighted by molar-refractivity contribution is 7.80. The van der Waals surface area contributed by atoms with Crippen molar-refractivity contribution in [3.63, 3.8) is 0 Å². The quantitative estimate of drug-likeness (QED) is 0.307. The van der Waals surface area contributed by atoms with Crippen molar-refractivity contribution in [2.24, 2.45) is 0 Å². The standard InChI is InChI=1S/C23H32N2OS.C7H3Cl2N/c1-15(2)19-13-18(26-17-11-9-8-10-12-17)14-20(16(3)4)21(19)24-22(27)25-23(5,6)7;8-6-2-1-3-7(9)5(6)4-10/h8-16H,1-7H3,(H2,24,25,27);1-3H. The molecule has 0 aliphatic carbocycles. The summed E-state index contributed by atoms with van der Waals surface area (Å²) in [5.74, 6) is 2.37. The Bertz CT molecular complexity index is 1200. The molecule has 0 atom stereocenters. The fraction of sp³-hybridized carbons (Fsp3) is 0.333. The van der Waals surface area contributed by atoms with Crippen LogP contribution in [0.4, 0.5) is 5.69 Å². The Balaban J connectivity index is 0.000000402. The first-order valence-corrected chi connectivity index (χ1v) is 13.3. The lowest BCUT2D eigenvalue weighted by atomic mass is 9.92. The molecule has 0 heterocycles. The Hall–Kier alpha value is -2.78. The summed E-state index contributed by atoms with van der Waals surface area (Å²) >= 11 is 16.8. The van der Waals surface area contributed by atoms with Gasteiger partial charge in [0.15, 0.2) is 5.11 Å². The highest BCUT2D eigenvalue weighted by Gasteiger charge is 2.19. The summed E-state index contributed by atoms with van der Waals surface area (Å²) in [7, 11) is 0. The number of anilines is 1. The first kappa shape index (κ1) is 30.4. The molecule has 37 heavy (non-hydrogen) atoms. The van der Waals surface area contributed by atoms with E-state index in [9.17, 15) is 0 Å². The molecule has 0 aliphatic rings. The Morgan fingerprint density at radius 2 is 1.38 bits per heavy atom. The van der Waals surface area contributed by atoms with Crippen LogP contribution in [0.15, 0.2) is 60.7 Å². The average molecular weight is 557 g/mol. The fourth-order valence-electron chi connectivity index (χ4n) is 3.49. The van der Waals surface area contributed by atoms with Gasteiger partial charge in [-0.3, -0.25) is 0 Å². The third kappa shape index (κ3) is 9.55. The number of para-hydroxylation sites is 1. The van der Waals surface area contributed by atoms with Crippen LogP contribution < -0.4 is 15.4 Å². The number of rotatable bonds is 5. The molecule has 0 radical (unpaired) electrons. The number of thiocarbonyl (C=S) groups is 1. The smallest absolute Gasteiger partial charge is 0.171 e. The molecule has 0 aliphatic heterocycles. The van der Waals surface area contributed by atoms with E-state index in [4.69, 9.17) is 45.4 Å². The highest BCUT2D eigenvalue weighted by atomic mass is 35.5. The van der Waals surface area contributed by atoms with Gasteiger partial charge in [0.05, 0.1) is 15.6 Å². The van der Waals surface area contributed by atoms with E-state index in [1.54, 1.807) is 18.2 Å². The van der Waals surface area contributed by atoms with Crippen LogP contribution in [0.3, 0.4) is 0 Å². The number of halogens is 2. The van der Waals surface area contributed by atoms with Crippen molar-refractivity contribution in [1.82, 2.24) is 5.32 Å². The third-order valence-corrected chi connectivity index (χ3v) is 6.03. The van der Waals surface area contributed by atoms with Gasteiger partial charge in [0.25, 0.3) is 0 Å². The third-order valence-electron chi connectivity index (χ3n) is 5.20. The molecule has 0 bridgehead atoms. The maximum Gasteiger partial charge on any atom is 0.171 e. The van der Waals surface area contributed by atoms with Crippen molar-refractivity contribution in [3.05, 3.63) is 87.4 Å². The monoisotopic (exact) mass is 555 g/mol. The molecule has 0 saturated carbocycles. The second-order valence-corrected chi connectivity index (χ2v) is 11.5. The van der Waals surface area contributed by atoms with Crippen LogP contribution in [0, 0.1) is 11.3 Å². The molecule has 0 amide bonds. The first-order valence-electron chi connectivity index (χ1n) is 12.2. The number of benzene rings is 3. The number of ether oxygens (including phenoxy) is 1. The molecule has 0 unspecified atom stereocenters. The van der Waals surface area contributed by atoms with Crippen LogP contribution in [0.25, 0.3) is 0 Å².